The highest BCUT2D eigenvalue weighted by Gasteiger charge is 2.14. The van der Waals surface area contributed by atoms with Crippen LogP contribution in [0.25, 0.3) is 0 Å². The quantitative estimate of drug-likeness (QED) is 0.848. The number of hydrogen-bond acceptors (Lipinski definition) is 4. The zero-order chi connectivity index (χ0) is 16.7. The second kappa shape index (κ2) is 8.58. The maximum absolute atomic E-state index is 12.3. The van der Waals surface area contributed by atoms with Gasteiger partial charge < -0.3 is 10.2 Å². The minimum atomic E-state index is -0.0883. The van der Waals surface area contributed by atoms with Crippen LogP contribution in [-0.2, 0) is 17.1 Å². The van der Waals surface area contributed by atoms with Gasteiger partial charge in [-0.3, -0.25) is 4.79 Å². The lowest BCUT2D eigenvalue weighted by atomic mass is 10.2. The van der Waals surface area contributed by atoms with Crippen molar-refractivity contribution in [2.45, 2.75) is 24.5 Å². The molecule has 1 atom stereocenters. The van der Waals surface area contributed by atoms with Crippen LogP contribution in [0, 0.1) is 0 Å². The van der Waals surface area contributed by atoms with E-state index in [1.54, 1.807) is 18.0 Å². The number of benzene rings is 1. The maximum atomic E-state index is 12.3. The number of pyridine rings is 1. The minimum absolute atomic E-state index is 0.0551. The van der Waals surface area contributed by atoms with Gasteiger partial charge in [0.25, 0.3) is 0 Å². The van der Waals surface area contributed by atoms with Crippen molar-refractivity contribution in [2.75, 3.05) is 19.0 Å². The summed E-state index contributed by atoms with van der Waals surface area (Å²) < 4.78 is 0. The average Bonchev–Trinajstić information content (AvgIpc) is 2.58. The predicted molar refractivity (Wildman–Crippen MR) is 97.6 cm³/mol. The number of rotatable bonds is 7. The molecule has 0 saturated heterocycles. The lowest BCUT2D eigenvalue weighted by molar-refractivity contribution is -0.120. The van der Waals surface area contributed by atoms with Crippen molar-refractivity contribution in [1.82, 2.24) is 10.3 Å². The molecule has 1 heterocycles. The Balaban J connectivity index is 1.85. The fraction of sp³-hybridized carbons (Fsp3) is 0.333. The van der Waals surface area contributed by atoms with Crippen molar-refractivity contribution in [3.05, 3.63) is 59.8 Å². The van der Waals surface area contributed by atoms with Crippen molar-refractivity contribution in [3.63, 3.8) is 0 Å². The van der Waals surface area contributed by atoms with E-state index in [0.29, 0.717) is 6.54 Å². The summed E-state index contributed by atoms with van der Waals surface area (Å²) in [5.41, 5.74) is 2.26. The lowest BCUT2D eigenvalue weighted by Crippen LogP contribution is -2.31. The Morgan fingerprint density at radius 1 is 1.22 bits per heavy atom. The van der Waals surface area contributed by atoms with Gasteiger partial charge >= 0.3 is 0 Å². The van der Waals surface area contributed by atoms with Crippen LogP contribution in [-0.4, -0.2) is 30.2 Å². The summed E-state index contributed by atoms with van der Waals surface area (Å²) in [4.78, 5) is 18.6. The van der Waals surface area contributed by atoms with Crippen molar-refractivity contribution >= 4 is 23.5 Å². The molecule has 23 heavy (non-hydrogen) atoms. The number of carbonyl (C=O) groups is 1. The fourth-order valence-electron chi connectivity index (χ4n) is 2.17. The average molecular weight is 329 g/mol. The van der Waals surface area contributed by atoms with Gasteiger partial charge in [-0.25, -0.2) is 4.98 Å². The predicted octanol–water partition coefficient (Wildman–Crippen LogP) is 3.09. The Morgan fingerprint density at radius 2 is 1.96 bits per heavy atom. The van der Waals surface area contributed by atoms with Gasteiger partial charge in [-0.1, -0.05) is 36.4 Å². The van der Waals surface area contributed by atoms with Crippen LogP contribution in [0.5, 0.6) is 0 Å². The molecule has 5 heteroatoms. The number of nitrogens with one attached hydrogen (secondary N) is 1. The van der Waals surface area contributed by atoms with Crippen LogP contribution in [0.15, 0.2) is 48.7 Å². The molecule has 1 aromatic heterocycles. The molecule has 2 aromatic rings. The largest absolute Gasteiger partial charge is 0.362 e. The first-order chi connectivity index (χ1) is 11.1. The molecule has 0 spiro atoms. The number of thioether (sulfide) groups is 1. The van der Waals surface area contributed by atoms with Gasteiger partial charge in [0, 0.05) is 38.2 Å². The smallest absolute Gasteiger partial charge is 0.233 e. The van der Waals surface area contributed by atoms with Crippen LogP contribution >= 0.6 is 11.8 Å². The Morgan fingerprint density at radius 3 is 2.65 bits per heavy atom. The first kappa shape index (κ1) is 17.3. The highest BCUT2D eigenvalue weighted by Crippen LogP contribution is 2.18. The molecule has 0 saturated carbocycles. The molecule has 0 radical (unpaired) electrons. The zero-order valence-corrected chi connectivity index (χ0v) is 14.6. The van der Waals surface area contributed by atoms with Crippen molar-refractivity contribution in [1.29, 1.82) is 0 Å². The van der Waals surface area contributed by atoms with Crippen molar-refractivity contribution < 1.29 is 4.79 Å². The fourth-order valence-corrected chi connectivity index (χ4v) is 3.04. The van der Waals surface area contributed by atoms with E-state index in [9.17, 15) is 4.79 Å². The van der Waals surface area contributed by atoms with Gasteiger partial charge in [0.05, 0.1) is 5.25 Å². The van der Waals surface area contributed by atoms with Crippen LogP contribution in [0.3, 0.4) is 0 Å². The lowest BCUT2D eigenvalue weighted by Gasteiger charge is -2.17. The monoisotopic (exact) mass is 329 g/mol. The highest BCUT2D eigenvalue weighted by molar-refractivity contribution is 7.99. The van der Waals surface area contributed by atoms with E-state index in [1.807, 2.05) is 56.3 Å². The van der Waals surface area contributed by atoms with Crippen molar-refractivity contribution in [3.8, 4) is 0 Å². The third-order valence-electron chi connectivity index (χ3n) is 3.46. The molecule has 4 nitrogen and oxygen atoms in total. The Bertz CT molecular complexity index is 631. The second-order valence-electron chi connectivity index (χ2n) is 5.54. The summed E-state index contributed by atoms with van der Waals surface area (Å²) in [7, 11) is 3.90. The van der Waals surface area contributed by atoms with E-state index in [2.05, 4.69) is 22.4 Å². The van der Waals surface area contributed by atoms with Crippen LogP contribution in [0.2, 0.25) is 0 Å². The summed E-state index contributed by atoms with van der Waals surface area (Å²) in [6, 6.07) is 14.1. The molecule has 0 unspecified atom stereocenters. The van der Waals surface area contributed by atoms with Crippen LogP contribution in [0.4, 0.5) is 5.82 Å². The molecule has 0 aliphatic carbocycles. The molecule has 0 aliphatic heterocycles. The molecule has 0 bridgehead atoms. The maximum Gasteiger partial charge on any atom is 0.233 e. The van der Waals surface area contributed by atoms with Gasteiger partial charge in [-0.2, -0.15) is 0 Å². The molecule has 0 fully saturated rings. The summed E-state index contributed by atoms with van der Waals surface area (Å²) in [6.07, 6.45) is 1.76. The van der Waals surface area contributed by atoms with E-state index < -0.39 is 0 Å². The summed E-state index contributed by atoms with van der Waals surface area (Å²) in [5, 5.41) is 2.92. The minimum Gasteiger partial charge on any atom is -0.362 e. The number of hydrogen-bond donors (Lipinski definition) is 1. The summed E-state index contributed by atoms with van der Waals surface area (Å²) >= 11 is 1.65. The van der Waals surface area contributed by atoms with Gasteiger partial charge in [-0.05, 0) is 18.6 Å². The van der Waals surface area contributed by atoms with E-state index in [0.717, 1.165) is 17.1 Å². The molecule has 122 valence electrons. The third-order valence-corrected chi connectivity index (χ3v) is 4.67. The number of anilines is 1. The first-order valence-electron chi connectivity index (χ1n) is 7.62. The highest BCUT2D eigenvalue weighted by atomic mass is 32.2. The van der Waals surface area contributed by atoms with Crippen LogP contribution in [0.1, 0.15) is 18.1 Å². The second-order valence-corrected chi connectivity index (χ2v) is 6.87. The summed E-state index contributed by atoms with van der Waals surface area (Å²) in [5.74, 6) is 1.78. The number of aromatic nitrogens is 1. The normalized spacial score (nSPS) is 11.8. The van der Waals surface area contributed by atoms with Gasteiger partial charge in [-0.15, -0.1) is 11.8 Å². The number of amides is 1. The molecular formula is C18H23N3OS. The van der Waals surface area contributed by atoms with Crippen molar-refractivity contribution in [2.24, 2.45) is 0 Å². The third kappa shape index (κ3) is 5.28. The standard InChI is InChI=1S/C18H23N3OS/c1-14(23-13-15-8-5-4-6-9-15)18(22)20-12-16-10-7-11-19-17(16)21(2)3/h4-11,14H,12-13H2,1-3H3,(H,20,22)/t14-/m0/s1. The Hall–Kier alpha value is -2.01. The Kier molecular flexibility index (Phi) is 6.47. The van der Waals surface area contributed by atoms with Gasteiger partial charge in [0.2, 0.25) is 5.91 Å². The zero-order valence-electron chi connectivity index (χ0n) is 13.8. The molecule has 1 amide bonds. The molecule has 0 aliphatic rings. The Labute approximate surface area is 142 Å². The molecule has 2 rings (SSSR count). The SMILES string of the molecule is C[C@H](SCc1ccccc1)C(=O)NCc1cccnc1N(C)C. The van der Waals surface area contributed by atoms with Gasteiger partial charge in [0.15, 0.2) is 0 Å². The first-order valence-corrected chi connectivity index (χ1v) is 8.67. The number of carbonyl (C=O) groups excluding carboxylic acids is 1. The van der Waals surface area contributed by atoms with E-state index in [4.69, 9.17) is 0 Å². The number of nitrogens with zero attached hydrogens (tertiary/aromatic N) is 2. The topological polar surface area (TPSA) is 45.2 Å². The van der Waals surface area contributed by atoms with E-state index in [-0.39, 0.29) is 11.2 Å². The molecular weight excluding hydrogens is 306 g/mol. The van der Waals surface area contributed by atoms with Gasteiger partial charge in [0.1, 0.15) is 5.82 Å². The summed E-state index contributed by atoms with van der Waals surface area (Å²) in [6.45, 7) is 2.44. The molecule has 1 N–H and O–H groups in total. The van der Waals surface area contributed by atoms with Crippen LogP contribution < -0.4 is 10.2 Å². The molecule has 1 aromatic carbocycles. The van der Waals surface area contributed by atoms with E-state index in [1.165, 1.54) is 5.56 Å². The van der Waals surface area contributed by atoms with E-state index >= 15 is 0 Å².